The molecule has 1 amide bonds. The minimum absolute atomic E-state index is 0.294. The predicted octanol–water partition coefficient (Wildman–Crippen LogP) is 3.78. The number of nitrogens with one attached hydrogen (secondary N) is 1. The summed E-state index contributed by atoms with van der Waals surface area (Å²) in [5.74, 6) is 1.30. The van der Waals surface area contributed by atoms with E-state index in [1.54, 1.807) is 30.3 Å². The lowest BCUT2D eigenvalue weighted by Crippen LogP contribution is -2.13. The number of ether oxygens (including phenoxy) is 2. The third-order valence-corrected chi connectivity index (χ3v) is 2.96. The summed E-state index contributed by atoms with van der Waals surface area (Å²) in [6.07, 6.45) is 1.47. The Kier molecular flexibility index (Phi) is 5.61. The number of amides is 1. The maximum atomic E-state index is 12.3. The van der Waals surface area contributed by atoms with Crippen LogP contribution in [0, 0.1) is 0 Å². The Morgan fingerprint density at radius 3 is 2.27 bits per heavy atom. The van der Waals surface area contributed by atoms with Crippen molar-refractivity contribution in [2.75, 3.05) is 18.5 Å². The number of nitrogens with zero attached hydrogens (tertiary/aromatic N) is 1. The highest BCUT2D eigenvalue weighted by molar-refractivity contribution is 6.30. The van der Waals surface area contributed by atoms with Crippen molar-refractivity contribution in [3.05, 3.63) is 47.1 Å². The van der Waals surface area contributed by atoms with E-state index in [1.807, 2.05) is 13.8 Å². The first kappa shape index (κ1) is 16.1. The molecule has 0 saturated heterocycles. The van der Waals surface area contributed by atoms with Crippen LogP contribution in [0.4, 0.5) is 5.82 Å². The molecule has 116 valence electrons. The fraction of sp³-hybridized carbons (Fsp3) is 0.250. The van der Waals surface area contributed by atoms with Gasteiger partial charge in [-0.05, 0) is 38.1 Å². The number of rotatable bonds is 6. The highest BCUT2D eigenvalue weighted by atomic mass is 35.5. The van der Waals surface area contributed by atoms with Gasteiger partial charge in [-0.2, -0.15) is 0 Å². The summed E-state index contributed by atoms with van der Waals surface area (Å²) in [5, 5.41) is 3.21. The predicted molar refractivity (Wildman–Crippen MR) is 86.0 cm³/mol. The number of aromatic nitrogens is 1. The second-order valence-electron chi connectivity index (χ2n) is 4.37. The molecule has 0 fully saturated rings. The molecule has 1 aromatic heterocycles. The van der Waals surface area contributed by atoms with E-state index < -0.39 is 0 Å². The van der Waals surface area contributed by atoms with E-state index in [0.717, 1.165) is 0 Å². The van der Waals surface area contributed by atoms with Gasteiger partial charge in [-0.1, -0.05) is 11.6 Å². The topological polar surface area (TPSA) is 60.5 Å². The second kappa shape index (κ2) is 7.66. The molecule has 0 aliphatic rings. The van der Waals surface area contributed by atoms with Crippen LogP contribution < -0.4 is 14.8 Å². The summed E-state index contributed by atoms with van der Waals surface area (Å²) in [6.45, 7) is 4.78. The number of hydrogen-bond donors (Lipinski definition) is 1. The maximum absolute atomic E-state index is 12.3. The van der Waals surface area contributed by atoms with Crippen LogP contribution in [0.1, 0.15) is 24.2 Å². The standard InChI is InChI=1S/C16H17ClN2O3/c1-3-21-13-7-11(8-14(9-13)22-4-2)16(20)19-15-6-5-12(17)10-18-15/h5-10H,3-4H2,1-2H3,(H,18,19,20). The van der Waals surface area contributed by atoms with Crippen LogP contribution in [0.2, 0.25) is 5.02 Å². The first-order chi connectivity index (χ1) is 10.6. The van der Waals surface area contributed by atoms with Gasteiger partial charge in [0.25, 0.3) is 5.91 Å². The lowest BCUT2D eigenvalue weighted by Gasteiger charge is -2.11. The van der Waals surface area contributed by atoms with Gasteiger partial charge in [-0.25, -0.2) is 4.98 Å². The molecule has 2 rings (SSSR count). The number of anilines is 1. The van der Waals surface area contributed by atoms with E-state index in [4.69, 9.17) is 21.1 Å². The Hall–Kier alpha value is -2.27. The summed E-state index contributed by atoms with van der Waals surface area (Å²) in [4.78, 5) is 16.4. The van der Waals surface area contributed by atoms with Gasteiger partial charge in [0.15, 0.2) is 0 Å². The lowest BCUT2D eigenvalue weighted by atomic mass is 10.2. The van der Waals surface area contributed by atoms with Crippen LogP contribution in [-0.2, 0) is 0 Å². The van der Waals surface area contributed by atoms with Gasteiger partial charge in [0.2, 0.25) is 0 Å². The normalized spacial score (nSPS) is 10.1. The lowest BCUT2D eigenvalue weighted by molar-refractivity contribution is 0.102. The number of halogens is 1. The van der Waals surface area contributed by atoms with Crippen LogP contribution in [0.5, 0.6) is 11.5 Å². The monoisotopic (exact) mass is 320 g/mol. The van der Waals surface area contributed by atoms with Crippen molar-refractivity contribution in [3.63, 3.8) is 0 Å². The minimum atomic E-state index is -0.294. The zero-order valence-corrected chi connectivity index (χ0v) is 13.2. The van der Waals surface area contributed by atoms with E-state index in [1.165, 1.54) is 6.20 Å². The zero-order chi connectivity index (χ0) is 15.9. The molecule has 0 spiro atoms. The van der Waals surface area contributed by atoms with Crippen molar-refractivity contribution in [3.8, 4) is 11.5 Å². The zero-order valence-electron chi connectivity index (χ0n) is 12.4. The number of carbonyl (C=O) groups is 1. The second-order valence-corrected chi connectivity index (χ2v) is 4.81. The number of benzene rings is 1. The molecular formula is C16H17ClN2O3. The quantitative estimate of drug-likeness (QED) is 0.879. The molecule has 0 radical (unpaired) electrons. The summed E-state index contributed by atoms with van der Waals surface area (Å²) < 4.78 is 10.9. The molecule has 0 bridgehead atoms. The van der Waals surface area contributed by atoms with E-state index in [2.05, 4.69) is 10.3 Å². The van der Waals surface area contributed by atoms with Gasteiger partial charge >= 0.3 is 0 Å². The molecule has 6 heteroatoms. The Labute approximate surface area is 134 Å². The summed E-state index contributed by atoms with van der Waals surface area (Å²) >= 11 is 5.77. The van der Waals surface area contributed by atoms with Gasteiger partial charge in [-0.15, -0.1) is 0 Å². The fourth-order valence-corrected chi connectivity index (χ4v) is 1.95. The van der Waals surface area contributed by atoms with Crippen LogP contribution in [0.15, 0.2) is 36.5 Å². The van der Waals surface area contributed by atoms with Crippen molar-refractivity contribution in [2.45, 2.75) is 13.8 Å². The third-order valence-electron chi connectivity index (χ3n) is 2.73. The summed E-state index contributed by atoms with van der Waals surface area (Å²) in [5.41, 5.74) is 0.436. The van der Waals surface area contributed by atoms with Crippen LogP contribution in [0.25, 0.3) is 0 Å². The molecule has 0 atom stereocenters. The fourth-order valence-electron chi connectivity index (χ4n) is 1.84. The average Bonchev–Trinajstić information content (AvgIpc) is 2.50. The third kappa shape index (κ3) is 4.36. The molecule has 1 aromatic carbocycles. The van der Waals surface area contributed by atoms with Crippen molar-refractivity contribution >= 4 is 23.3 Å². The molecule has 0 aliphatic carbocycles. The first-order valence-corrected chi connectivity index (χ1v) is 7.33. The highest BCUT2D eigenvalue weighted by Gasteiger charge is 2.11. The molecule has 0 aliphatic heterocycles. The minimum Gasteiger partial charge on any atom is -0.494 e. The molecule has 1 heterocycles. The van der Waals surface area contributed by atoms with Gasteiger partial charge in [0, 0.05) is 17.8 Å². The van der Waals surface area contributed by atoms with Gasteiger partial charge < -0.3 is 14.8 Å². The molecule has 5 nitrogen and oxygen atoms in total. The van der Waals surface area contributed by atoms with Gasteiger partial charge in [0.05, 0.1) is 18.2 Å². The first-order valence-electron chi connectivity index (χ1n) is 6.96. The number of carbonyl (C=O) groups excluding carboxylic acids is 1. The highest BCUT2D eigenvalue weighted by Crippen LogP contribution is 2.24. The van der Waals surface area contributed by atoms with Crippen molar-refractivity contribution in [1.82, 2.24) is 4.98 Å². The van der Waals surface area contributed by atoms with Crippen LogP contribution in [0.3, 0.4) is 0 Å². The van der Waals surface area contributed by atoms with E-state index in [9.17, 15) is 4.79 Å². The molecule has 22 heavy (non-hydrogen) atoms. The van der Waals surface area contributed by atoms with Gasteiger partial charge in [-0.3, -0.25) is 4.79 Å². The smallest absolute Gasteiger partial charge is 0.257 e. The Balaban J connectivity index is 2.21. The molecule has 2 aromatic rings. The molecule has 1 N–H and O–H groups in total. The van der Waals surface area contributed by atoms with Crippen LogP contribution >= 0.6 is 11.6 Å². The Morgan fingerprint density at radius 1 is 1.14 bits per heavy atom. The van der Waals surface area contributed by atoms with Gasteiger partial charge in [0.1, 0.15) is 17.3 Å². The van der Waals surface area contributed by atoms with Crippen molar-refractivity contribution < 1.29 is 14.3 Å². The average molecular weight is 321 g/mol. The van der Waals surface area contributed by atoms with E-state index >= 15 is 0 Å². The largest absolute Gasteiger partial charge is 0.494 e. The Morgan fingerprint density at radius 2 is 1.77 bits per heavy atom. The SMILES string of the molecule is CCOc1cc(OCC)cc(C(=O)Nc2ccc(Cl)cn2)c1. The molecule has 0 saturated carbocycles. The Bertz CT molecular complexity index is 620. The van der Waals surface area contributed by atoms with E-state index in [0.29, 0.717) is 41.1 Å². The number of pyridine rings is 1. The molecular weight excluding hydrogens is 304 g/mol. The molecule has 0 unspecified atom stereocenters. The van der Waals surface area contributed by atoms with Crippen molar-refractivity contribution in [2.24, 2.45) is 0 Å². The van der Waals surface area contributed by atoms with Crippen LogP contribution in [-0.4, -0.2) is 24.1 Å². The number of hydrogen-bond acceptors (Lipinski definition) is 4. The summed E-state index contributed by atoms with van der Waals surface area (Å²) in [6, 6.07) is 8.38. The maximum Gasteiger partial charge on any atom is 0.257 e. The van der Waals surface area contributed by atoms with Crippen molar-refractivity contribution in [1.29, 1.82) is 0 Å². The summed E-state index contributed by atoms with van der Waals surface area (Å²) in [7, 11) is 0. The van der Waals surface area contributed by atoms with E-state index in [-0.39, 0.29) is 5.91 Å².